The predicted octanol–water partition coefficient (Wildman–Crippen LogP) is 3.37. The minimum atomic E-state index is -0.454. The molecule has 2 heterocycles. The molecule has 0 saturated carbocycles. The smallest absolute Gasteiger partial charge is 0.242 e. The first kappa shape index (κ1) is 12.8. The topological polar surface area (TPSA) is 32.7 Å². The van der Waals surface area contributed by atoms with Gasteiger partial charge in [-0.25, -0.2) is 4.78 Å². The van der Waals surface area contributed by atoms with Crippen molar-refractivity contribution in [3.8, 4) is 0 Å². The van der Waals surface area contributed by atoms with Crippen LogP contribution in [-0.4, -0.2) is 28.2 Å². The Hall–Kier alpha value is -0.690. The van der Waals surface area contributed by atoms with E-state index < -0.39 is 8.07 Å². The number of carbonyl (C=O) groups is 1. The van der Waals surface area contributed by atoms with E-state index in [2.05, 4.69) is 38.9 Å². The van der Waals surface area contributed by atoms with Crippen molar-refractivity contribution in [1.82, 2.24) is 4.78 Å². The molecule has 0 radical (unpaired) electrons. The Morgan fingerprint density at radius 3 is 2.71 bits per heavy atom. The Morgan fingerprint density at radius 1 is 1.53 bits per heavy atom. The molecule has 0 bridgehead atoms. The van der Waals surface area contributed by atoms with Crippen molar-refractivity contribution in [2.45, 2.75) is 46.7 Å². The number of nitrogens with zero attached hydrogens (tertiary/aromatic N) is 2. The maximum atomic E-state index is 11.7. The highest BCUT2D eigenvalue weighted by Gasteiger charge is 2.44. The van der Waals surface area contributed by atoms with E-state index in [1.54, 1.807) is 11.7 Å². The average molecular weight is 252 g/mol. The minimum Gasteiger partial charge on any atom is -0.273 e. The molecule has 1 amide bonds. The van der Waals surface area contributed by atoms with Gasteiger partial charge in [0.15, 0.2) is 0 Å². The van der Waals surface area contributed by atoms with Crippen molar-refractivity contribution in [3.63, 3.8) is 0 Å². The minimum absolute atomic E-state index is 0.0640. The van der Waals surface area contributed by atoms with Crippen molar-refractivity contribution < 1.29 is 4.79 Å². The van der Waals surface area contributed by atoms with E-state index in [1.165, 1.54) is 11.3 Å². The van der Waals surface area contributed by atoms with Gasteiger partial charge in [-0.2, -0.15) is 5.10 Å². The van der Waals surface area contributed by atoms with Crippen LogP contribution in [0.25, 0.3) is 0 Å². The first-order chi connectivity index (χ1) is 7.80. The van der Waals surface area contributed by atoms with Gasteiger partial charge in [0.05, 0.1) is 5.71 Å². The molecule has 3 nitrogen and oxygen atoms in total. The zero-order valence-electron chi connectivity index (χ0n) is 11.3. The highest BCUT2D eigenvalue weighted by molar-refractivity contribution is 7.58. The van der Waals surface area contributed by atoms with Gasteiger partial charge < -0.3 is 0 Å². The molecular weight excluding hydrogens is 231 g/mol. The molecule has 0 aromatic heterocycles. The largest absolute Gasteiger partial charge is 0.273 e. The molecule has 17 heavy (non-hydrogen) atoms. The average Bonchev–Trinajstić information content (AvgIpc) is 2.55. The summed E-state index contributed by atoms with van der Waals surface area (Å²) in [7, 11) is -0.454. The van der Waals surface area contributed by atoms with Crippen molar-refractivity contribution in [3.05, 3.63) is 11.6 Å². The first-order valence-corrected chi connectivity index (χ1v) is 7.67. The third-order valence-corrected chi connectivity index (χ3v) is 6.13. The second kappa shape index (κ2) is 4.20. The SMILES string of the molecule is CC(=O)N1N=C(C(C)(C)C)C2CC=C(C)CP21. The van der Waals surface area contributed by atoms with Crippen molar-refractivity contribution in [2.24, 2.45) is 10.5 Å². The number of allylic oxidation sites excluding steroid dienone is 2. The summed E-state index contributed by atoms with van der Waals surface area (Å²) in [4.78, 5) is 11.7. The first-order valence-electron chi connectivity index (χ1n) is 6.12. The maximum Gasteiger partial charge on any atom is 0.242 e. The maximum absolute atomic E-state index is 11.7. The highest BCUT2D eigenvalue weighted by Crippen LogP contribution is 2.57. The van der Waals surface area contributed by atoms with Gasteiger partial charge in [0, 0.05) is 32.2 Å². The molecule has 0 N–H and O–H groups in total. The molecule has 0 saturated heterocycles. The molecule has 0 aromatic rings. The van der Waals surface area contributed by atoms with Gasteiger partial charge in [-0.05, 0) is 13.3 Å². The summed E-state index contributed by atoms with van der Waals surface area (Å²) in [5, 5.41) is 4.63. The molecule has 0 aromatic carbocycles. The van der Waals surface area contributed by atoms with Crippen LogP contribution in [0.3, 0.4) is 0 Å². The van der Waals surface area contributed by atoms with Gasteiger partial charge in [-0.15, -0.1) is 0 Å². The fourth-order valence-electron chi connectivity index (χ4n) is 2.44. The molecule has 0 aliphatic carbocycles. The number of carbonyl (C=O) groups excluding carboxylic acids is 1. The molecule has 2 rings (SSSR count). The van der Waals surface area contributed by atoms with E-state index in [0.717, 1.165) is 12.6 Å². The Kier molecular flexibility index (Phi) is 3.15. The lowest BCUT2D eigenvalue weighted by atomic mass is 9.86. The second-order valence-electron chi connectivity index (χ2n) is 5.94. The number of rotatable bonds is 0. The van der Waals surface area contributed by atoms with Crippen LogP contribution in [0.1, 0.15) is 41.0 Å². The van der Waals surface area contributed by atoms with Crippen LogP contribution in [0.2, 0.25) is 0 Å². The van der Waals surface area contributed by atoms with Gasteiger partial charge in [-0.1, -0.05) is 32.4 Å². The van der Waals surface area contributed by atoms with E-state index in [4.69, 9.17) is 0 Å². The summed E-state index contributed by atoms with van der Waals surface area (Å²) in [5.74, 6) is 0.0926. The number of amides is 1. The van der Waals surface area contributed by atoms with E-state index in [0.29, 0.717) is 5.66 Å². The van der Waals surface area contributed by atoms with Gasteiger partial charge >= 0.3 is 0 Å². The van der Waals surface area contributed by atoms with Gasteiger partial charge in [-0.3, -0.25) is 4.79 Å². The number of hydrogen-bond acceptors (Lipinski definition) is 2. The molecule has 0 spiro atoms. The van der Waals surface area contributed by atoms with Gasteiger partial charge in [0.25, 0.3) is 0 Å². The van der Waals surface area contributed by atoms with Gasteiger partial charge in [0.2, 0.25) is 5.91 Å². The molecule has 4 heteroatoms. The van der Waals surface area contributed by atoms with Crippen molar-refractivity contribution >= 4 is 19.7 Å². The zero-order chi connectivity index (χ0) is 12.8. The lowest BCUT2D eigenvalue weighted by molar-refractivity contribution is -0.124. The summed E-state index contributed by atoms with van der Waals surface area (Å²) in [5.41, 5.74) is 3.17. The molecule has 0 fully saturated rings. The summed E-state index contributed by atoms with van der Waals surface area (Å²) >= 11 is 0. The summed E-state index contributed by atoms with van der Waals surface area (Å²) in [6.45, 7) is 10.4. The monoisotopic (exact) mass is 252 g/mol. The van der Waals surface area contributed by atoms with Crippen LogP contribution in [0.4, 0.5) is 0 Å². The Balaban J connectivity index is 2.36. The van der Waals surface area contributed by atoms with Crippen molar-refractivity contribution in [1.29, 1.82) is 0 Å². The van der Waals surface area contributed by atoms with Crippen LogP contribution in [0.15, 0.2) is 16.8 Å². The second-order valence-corrected chi connectivity index (χ2v) is 8.14. The van der Waals surface area contributed by atoms with E-state index in [1.807, 2.05) is 0 Å². The fraction of sp³-hybridized carbons (Fsp3) is 0.692. The molecular formula is C13H21N2OP. The Labute approximate surface area is 105 Å². The Bertz CT molecular complexity index is 406. The standard InChI is InChI=1S/C13H21N2OP/c1-9-6-7-11-12(13(3,4)5)14-15(10(2)16)17(11)8-9/h6,11H,7-8H2,1-5H3. The third-order valence-electron chi connectivity index (χ3n) is 3.27. The van der Waals surface area contributed by atoms with E-state index in [9.17, 15) is 4.79 Å². The van der Waals surface area contributed by atoms with Crippen molar-refractivity contribution in [2.75, 3.05) is 6.16 Å². The van der Waals surface area contributed by atoms with E-state index in [-0.39, 0.29) is 11.3 Å². The summed E-state index contributed by atoms with van der Waals surface area (Å²) in [6.07, 6.45) is 4.40. The number of hydrogen-bond donors (Lipinski definition) is 0. The Morgan fingerprint density at radius 2 is 2.18 bits per heavy atom. The quantitative estimate of drug-likeness (QED) is 0.480. The normalized spacial score (nSPS) is 28.6. The summed E-state index contributed by atoms with van der Waals surface area (Å²) in [6, 6.07) is 0. The lowest BCUT2D eigenvalue weighted by Crippen LogP contribution is -2.30. The van der Waals surface area contributed by atoms with Crippen LogP contribution in [0, 0.1) is 5.41 Å². The van der Waals surface area contributed by atoms with Crippen LogP contribution in [0.5, 0.6) is 0 Å². The predicted molar refractivity (Wildman–Crippen MR) is 73.4 cm³/mol. The fourth-order valence-corrected chi connectivity index (χ4v) is 5.35. The third kappa shape index (κ3) is 2.30. The molecule has 2 unspecified atom stereocenters. The number of hydrazone groups is 1. The van der Waals surface area contributed by atoms with E-state index >= 15 is 0 Å². The molecule has 2 aliphatic rings. The zero-order valence-corrected chi connectivity index (χ0v) is 12.2. The highest BCUT2D eigenvalue weighted by atomic mass is 31.1. The molecule has 2 atom stereocenters. The summed E-state index contributed by atoms with van der Waals surface area (Å²) < 4.78 is 1.77. The number of fused-ring (bicyclic) bond motifs is 1. The molecule has 2 aliphatic heterocycles. The lowest BCUT2D eigenvalue weighted by Gasteiger charge is -2.31. The van der Waals surface area contributed by atoms with Crippen LogP contribution >= 0.6 is 8.07 Å². The van der Waals surface area contributed by atoms with Gasteiger partial charge in [0.1, 0.15) is 0 Å². The van der Waals surface area contributed by atoms with Crippen LogP contribution in [-0.2, 0) is 4.79 Å². The molecule has 94 valence electrons. The van der Waals surface area contributed by atoms with Crippen LogP contribution < -0.4 is 0 Å².